The fourth-order valence-corrected chi connectivity index (χ4v) is 2.03. The summed E-state index contributed by atoms with van der Waals surface area (Å²) in [7, 11) is 1.45. The van der Waals surface area contributed by atoms with Crippen LogP contribution >= 0.6 is 11.6 Å². The molecule has 0 atom stereocenters. The smallest absolute Gasteiger partial charge is 0.416 e. The first-order valence-electron chi connectivity index (χ1n) is 6.73. The minimum Gasteiger partial charge on any atom is -0.493 e. The summed E-state index contributed by atoms with van der Waals surface area (Å²) in [5.74, 6) is 0.120. The number of carbonyl (C=O) groups excluding carboxylic acids is 1. The number of halogens is 4. The highest BCUT2D eigenvalue weighted by atomic mass is 35.5. The highest BCUT2D eigenvalue weighted by Crippen LogP contribution is 2.33. The molecule has 0 bridgehead atoms. The van der Waals surface area contributed by atoms with Gasteiger partial charge in [-0.05, 0) is 30.3 Å². The summed E-state index contributed by atoms with van der Waals surface area (Å²) < 4.78 is 48.4. The van der Waals surface area contributed by atoms with Gasteiger partial charge >= 0.3 is 6.18 Å². The molecule has 0 aliphatic heterocycles. The molecular weight excluding hydrogens is 347 g/mol. The van der Waals surface area contributed by atoms with Crippen molar-refractivity contribution in [1.82, 2.24) is 0 Å². The number of rotatable bonds is 5. The average Bonchev–Trinajstić information content (AvgIpc) is 2.54. The van der Waals surface area contributed by atoms with Gasteiger partial charge in [0.25, 0.3) is 5.91 Å². The molecule has 0 saturated heterocycles. The van der Waals surface area contributed by atoms with E-state index in [1.54, 1.807) is 24.3 Å². The lowest BCUT2D eigenvalue weighted by Crippen LogP contribution is -2.21. The highest BCUT2D eigenvalue weighted by Gasteiger charge is 2.31. The largest absolute Gasteiger partial charge is 0.493 e. The molecule has 0 heterocycles. The van der Waals surface area contributed by atoms with Gasteiger partial charge in [0.05, 0.1) is 23.4 Å². The van der Waals surface area contributed by atoms with Crippen LogP contribution in [0.25, 0.3) is 0 Å². The van der Waals surface area contributed by atoms with Gasteiger partial charge in [0, 0.05) is 0 Å². The highest BCUT2D eigenvalue weighted by molar-refractivity contribution is 6.33. The van der Waals surface area contributed by atoms with E-state index in [1.165, 1.54) is 7.11 Å². The van der Waals surface area contributed by atoms with E-state index < -0.39 is 24.3 Å². The van der Waals surface area contributed by atoms with Crippen LogP contribution in [0.3, 0.4) is 0 Å². The number of ether oxygens (including phenoxy) is 2. The Morgan fingerprint density at radius 3 is 2.46 bits per heavy atom. The zero-order valence-electron chi connectivity index (χ0n) is 12.5. The lowest BCUT2D eigenvalue weighted by atomic mass is 10.2. The van der Waals surface area contributed by atoms with Crippen LogP contribution in [-0.2, 0) is 11.0 Å². The van der Waals surface area contributed by atoms with E-state index >= 15 is 0 Å². The van der Waals surface area contributed by atoms with Crippen LogP contribution in [0.2, 0.25) is 5.02 Å². The molecule has 0 radical (unpaired) electrons. The van der Waals surface area contributed by atoms with Crippen molar-refractivity contribution in [2.45, 2.75) is 6.18 Å². The Morgan fingerprint density at radius 2 is 1.83 bits per heavy atom. The SMILES string of the molecule is COc1ccccc1OCC(=O)Nc1cc(C(F)(F)F)ccc1Cl. The standard InChI is InChI=1S/C16H13ClF3NO3/c1-23-13-4-2-3-5-14(13)24-9-15(22)21-12-8-10(16(18,19)20)6-7-11(12)17/h2-8H,9H2,1H3,(H,21,22). The first-order chi connectivity index (χ1) is 11.3. The molecule has 0 spiro atoms. The number of para-hydroxylation sites is 2. The Hall–Kier alpha value is -2.41. The lowest BCUT2D eigenvalue weighted by molar-refractivity contribution is -0.137. The number of amides is 1. The number of hydrogen-bond donors (Lipinski definition) is 1. The normalized spacial score (nSPS) is 11.0. The number of benzene rings is 2. The summed E-state index contributed by atoms with van der Waals surface area (Å²) in [6.45, 7) is -0.410. The molecule has 2 aromatic rings. The van der Waals surface area contributed by atoms with Crippen LogP contribution in [0.5, 0.6) is 11.5 Å². The molecule has 128 valence electrons. The maximum atomic E-state index is 12.7. The predicted molar refractivity (Wildman–Crippen MR) is 83.6 cm³/mol. The van der Waals surface area contributed by atoms with Crippen LogP contribution in [0.1, 0.15) is 5.56 Å². The van der Waals surface area contributed by atoms with Crippen LogP contribution in [0.15, 0.2) is 42.5 Å². The van der Waals surface area contributed by atoms with Crippen molar-refractivity contribution in [3.63, 3.8) is 0 Å². The van der Waals surface area contributed by atoms with Crippen LogP contribution in [-0.4, -0.2) is 19.6 Å². The molecule has 0 aliphatic carbocycles. The van der Waals surface area contributed by atoms with E-state index in [1.807, 2.05) is 0 Å². The molecule has 2 rings (SSSR count). The fourth-order valence-electron chi connectivity index (χ4n) is 1.87. The van der Waals surface area contributed by atoms with Gasteiger partial charge in [-0.25, -0.2) is 0 Å². The molecular formula is C16H13ClF3NO3. The van der Waals surface area contributed by atoms with Gasteiger partial charge < -0.3 is 14.8 Å². The third-order valence-corrected chi connectivity index (χ3v) is 3.33. The minimum absolute atomic E-state index is 0.00589. The first-order valence-corrected chi connectivity index (χ1v) is 7.11. The molecule has 8 heteroatoms. The number of alkyl halides is 3. The summed E-state index contributed by atoms with van der Waals surface area (Å²) in [4.78, 5) is 11.9. The van der Waals surface area contributed by atoms with Crippen molar-refractivity contribution in [2.75, 3.05) is 19.0 Å². The first kappa shape index (κ1) is 17.9. The van der Waals surface area contributed by atoms with E-state index in [9.17, 15) is 18.0 Å². The van der Waals surface area contributed by atoms with Crippen LogP contribution in [0, 0.1) is 0 Å². The van der Waals surface area contributed by atoms with E-state index in [0.29, 0.717) is 11.5 Å². The average molecular weight is 360 g/mol. The molecule has 0 unspecified atom stereocenters. The quantitative estimate of drug-likeness (QED) is 0.861. The Kier molecular flexibility index (Phi) is 5.56. The van der Waals surface area contributed by atoms with Gasteiger partial charge in [-0.3, -0.25) is 4.79 Å². The number of methoxy groups -OCH3 is 1. The second kappa shape index (κ2) is 7.44. The zero-order chi connectivity index (χ0) is 17.7. The summed E-state index contributed by atoms with van der Waals surface area (Å²) >= 11 is 5.81. The third kappa shape index (κ3) is 4.55. The van der Waals surface area contributed by atoms with Crippen molar-refractivity contribution >= 4 is 23.2 Å². The number of carbonyl (C=O) groups is 1. The summed E-state index contributed by atoms with van der Waals surface area (Å²) in [6.07, 6.45) is -4.53. The van der Waals surface area contributed by atoms with Crippen molar-refractivity contribution < 1.29 is 27.4 Å². The zero-order valence-corrected chi connectivity index (χ0v) is 13.2. The number of hydrogen-bond acceptors (Lipinski definition) is 3. The Bertz CT molecular complexity index is 735. The maximum absolute atomic E-state index is 12.7. The molecule has 2 aromatic carbocycles. The van der Waals surface area contributed by atoms with Crippen LogP contribution < -0.4 is 14.8 Å². The molecule has 1 N–H and O–H groups in total. The van der Waals surface area contributed by atoms with Crippen LogP contribution in [0.4, 0.5) is 18.9 Å². The Balaban J connectivity index is 2.05. The lowest BCUT2D eigenvalue weighted by Gasteiger charge is -2.13. The van der Waals surface area contributed by atoms with E-state index in [4.69, 9.17) is 21.1 Å². The molecule has 0 aliphatic rings. The number of anilines is 1. The minimum atomic E-state index is -4.53. The summed E-state index contributed by atoms with van der Waals surface area (Å²) in [5, 5.41) is 2.29. The van der Waals surface area contributed by atoms with E-state index in [-0.39, 0.29) is 10.7 Å². The second-order valence-electron chi connectivity index (χ2n) is 4.68. The van der Waals surface area contributed by atoms with Crippen molar-refractivity contribution in [1.29, 1.82) is 0 Å². The van der Waals surface area contributed by atoms with Crippen molar-refractivity contribution in [2.24, 2.45) is 0 Å². The third-order valence-electron chi connectivity index (χ3n) is 3.00. The molecule has 0 fully saturated rings. The summed E-state index contributed by atoms with van der Waals surface area (Å²) in [5.41, 5.74) is -1.05. The predicted octanol–water partition coefficient (Wildman–Crippen LogP) is 4.38. The van der Waals surface area contributed by atoms with Gasteiger partial charge in [-0.1, -0.05) is 23.7 Å². The second-order valence-corrected chi connectivity index (χ2v) is 5.09. The monoisotopic (exact) mass is 359 g/mol. The Labute approximate surface area is 141 Å². The Morgan fingerprint density at radius 1 is 1.17 bits per heavy atom. The number of nitrogens with one attached hydrogen (secondary N) is 1. The van der Waals surface area contributed by atoms with Crippen molar-refractivity contribution in [3.05, 3.63) is 53.1 Å². The molecule has 4 nitrogen and oxygen atoms in total. The molecule has 24 heavy (non-hydrogen) atoms. The molecule has 0 saturated carbocycles. The van der Waals surface area contributed by atoms with Gasteiger partial charge in [0.2, 0.25) is 0 Å². The van der Waals surface area contributed by atoms with Gasteiger partial charge in [-0.15, -0.1) is 0 Å². The van der Waals surface area contributed by atoms with E-state index in [0.717, 1.165) is 18.2 Å². The molecule has 0 aromatic heterocycles. The maximum Gasteiger partial charge on any atom is 0.416 e. The topological polar surface area (TPSA) is 47.6 Å². The van der Waals surface area contributed by atoms with Gasteiger partial charge in [0.15, 0.2) is 18.1 Å². The summed E-state index contributed by atoms with van der Waals surface area (Å²) in [6, 6.07) is 9.35. The van der Waals surface area contributed by atoms with E-state index in [2.05, 4.69) is 5.32 Å². The van der Waals surface area contributed by atoms with Gasteiger partial charge in [-0.2, -0.15) is 13.2 Å². The van der Waals surface area contributed by atoms with Gasteiger partial charge in [0.1, 0.15) is 0 Å². The molecule has 1 amide bonds. The van der Waals surface area contributed by atoms with Crippen molar-refractivity contribution in [3.8, 4) is 11.5 Å². The fraction of sp³-hybridized carbons (Fsp3) is 0.188.